The molecule has 2 aromatic heterocycles. The minimum absolute atomic E-state index is 0.275. The van der Waals surface area contributed by atoms with Gasteiger partial charge in [0.1, 0.15) is 11.3 Å². The van der Waals surface area contributed by atoms with Crippen LogP contribution in [0.2, 0.25) is 5.02 Å². The molecular weight excluding hydrogens is 414 g/mol. The van der Waals surface area contributed by atoms with Gasteiger partial charge in [-0.2, -0.15) is 0 Å². The standard InChI is InChI=1S/C24H24ClN3O3/c1-4-21-15(2)20-11-19(9-10-22(20)31-21)26-24-27(3)13-17(14-29)23(30)28(24)12-16-5-7-18(25)8-6-16/h5-11,13,29H,4,12,14H2,1-3H3/b26-24+. The molecule has 7 heteroatoms. The SMILES string of the molecule is CCc1oc2ccc(/N=c3\n(C)cc(CO)c(=O)n3Cc3ccc(Cl)cc3)cc2c1C. The van der Waals surface area contributed by atoms with Crippen LogP contribution in [0.4, 0.5) is 5.69 Å². The van der Waals surface area contributed by atoms with E-state index < -0.39 is 0 Å². The van der Waals surface area contributed by atoms with Crippen LogP contribution >= 0.6 is 11.6 Å². The molecule has 2 aromatic carbocycles. The number of aryl methyl sites for hydroxylation is 3. The third kappa shape index (κ3) is 4.09. The van der Waals surface area contributed by atoms with Gasteiger partial charge in [-0.1, -0.05) is 30.7 Å². The maximum atomic E-state index is 13.0. The van der Waals surface area contributed by atoms with Crippen LogP contribution in [0.3, 0.4) is 0 Å². The maximum Gasteiger partial charge on any atom is 0.260 e. The topological polar surface area (TPSA) is 72.7 Å². The summed E-state index contributed by atoms with van der Waals surface area (Å²) in [5, 5.41) is 11.3. The van der Waals surface area contributed by atoms with Gasteiger partial charge >= 0.3 is 0 Å². The molecule has 0 unspecified atom stereocenters. The molecule has 160 valence electrons. The van der Waals surface area contributed by atoms with Crippen molar-refractivity contribution in [3.05, 3.63) is 92.1 Å². The van der Waals surface area contributed by atoms with Crippen LogP contribution in [0.5, 0.6) is 0 Å². The molecule has 0 radical (unpaired) electrons. The van der Waals surface area contributed by atoms with Gasteiger partial charge in [0.15, 0.2) is 0 Å². The van der Waals surface area contributed by atoms with Crippen molar-refractivity contribution in [2.45, 2.75) is 33.4 Å². The van der Waals surface area contributed by atoms with Crippen LogP contribution in [-0.2, 0) is 26.6 Å². The lowest BCUT2D eigenvalue weighted by Gasteiger charge is -2.13. The van der Waals surface area contributed by atoms with Crippen molar-refractivity contribution in [2.24, 2.45) is 12.0 Å². The molecule has 0 saturated carbocycles. The predicted molar refractivity (Wildman–Crippen MR) is 122 cm³/mol. The fourth-order valence-corrected chi connectivity index (χ4v) is 3.87. The Labute approximate surface area is 184 Å². The van der Waals surface area contributed by atoms with Gasteiger partial charge in [-0.05, 0) is 48.4 Å². The van der Waals surface area contributed by atoms with Crippen LogP contribution in [0, 0.1) is 6.92 Å². The normalized spacial score (nSPS) is 12.1. The summed E-state index contributed by atoms with van der Waals surface area (Å²) < 4.78 is 9.22. The summed E-state index contributed by atoms with van der Waals surface area (Å²) in [6.07, 6.45) is 2.45. The number of fused-ring (bicyclic) bond motifs is 1. The predicted octanol–water partition coefficient (Wildman–Crippen LogP) is 4.23. The Kier molecular flexibility index (Phi) is 5.85. The van der Waals surface area contributed by atoms with Crippen molar-refractivity contribution < 1.29 is 9.52 Å². The molecule has 0 saturated heterocycles. The number of hydrogen-bond acceptors (Lipinski definition) is 4. The highest BCUT2D eigenvalue weighted by Crippen LogP contribution is 2.29. The van der Waals surface area contributed by atoms with Gasteiger partial charge in [0, 0.05) is 30.1 Å². The maximum absolute atomic E-state index is 13.0. The second kappa shape index (κ2) is 8.57. The number of furan rings is 1. The summed E-state index contributed by atoms with van der Waals surface area (Å²) >= 11 is 6.00. The number of aliphatic hydroxyl groups excluding tert-OH is 1. The first kappa shape index (κ1) is 21.2. The molecule has 0 aliphatic heterocycles. The van der Waals surface area contributed by atoms with Crippen LogP contribution in [0.1, 0.15) is 29.4 Å². The first-order chi connectivity index (χ1) is 14.9. The summed E-state index contributed by atoms with van der Waals surface area (Å²) in [4.78, 5) is 17.8. The van der Waals surface area contributed by atoms with Gasteiger partial charge in [0.05, 0.1) is 24.4 Å². The van der Waals surface area contributed by atoms with Crippen molar-refractivity contribution in [1.82, 2.24) is 9.13 Å². The highest BCUT2D eigenvalue weighted by Gasteiger charge is 2.12. The number of benzene rings is 2. The van der Waals surface area contributed by atoms with E-state index in [-0.39, 0.29) is 12.2 Å². The zero-order chi connectivity index (χ0) is 22.1. The second-order valence-corrected chi connectivity index (χ2v) is 7.97. The molecule has 0 aliphatic rings. The Balaban J connectivity index is 1.90. The molecule has 4 aromatic rings. The van der Waals surface area contributed by atoms with E-state index >= 15 is 0 Å². The van der Waals surface area contributed by atoms with Gasteiger partial charge in [0.25, 0.3) is 5.56 Å². The quantitative estimate of drug-likeness (QED) is 0.507. The van der Waals surface area contributed by atoms with Crippen molar-refractivity contribution in [3.63, 3.8) is 0 Å². The van der Waals surface area contributed by atoms with Crippen molar-refractivity contribution in [2.75, 3.05) is 0 Å². The minimum Gasteiger partial charge on any atom is -0.461 e. The molecular formula is C24H24ClN3O3. The van der Waals surface area contributed by atoms with E-state index in [1.807, 2.05) is 44.3 Å². The van der Waals surface area contributed by atoms with Crippen LogP contribution < -0.4 is 11.2 Å². The summed E-state index contributed by atoms with van der Waals surface area (Å²) in [7, 11) is 1.81. The molecule has 1 N–H and O–H groups in total. The number of nitrogens with zero attached hydrogens (tertiary/aromatic N) is 3. The fourth-order valence-electron chi connectivity index (χ4n) is 3.75. The van der Waals surface area contributed by atoms with E-state index in [0.29, 0.717) is 22.7 Å². The summed E-state index contributed by atoms with van der Waals surface area (Å²) in [6.45, 7) is 4.08. The number of aromatic nitrogens is 2. The Morgan fingerprint density at radius 3 is 2.58 bits per heavy atom. The van der Waals surface area contributed by atoms with Crippen LogP contribution in [-0.4, -0.2) is 14.2 Å². The Morgan fingerprint density at radius 2 is 1.90 bits per heavy atom. The van der Waals surface area contributed by atoms with E-state index in [1.54, 1.807) is 27.5 Å². The third-order valence-corrected chi connectivity index (χ3v) is 5.67. The lowest BCUT2D eigenvalue weighted by molar-refractivity contribution is 0.277. The molecule has 6 nitrogen and oxygen atoms in total. The summed E-state index contributed by atoms with van der Waals surface area (Å²) in [6, 6.07) is 13.1. The van der Waals surface area contributed by atoms with Crippen molar-refractivity contribution in [3.8, 4) is 0 Å². The summed E-state index contributed by atoms with van der Waals surface area (Å²) in [5.74, 6) is 0.963. The molecule has 4 rings (SSSR count). The van der Waals surface area contributed by atoms with Crippen LogP contribution in [0.25, 0.3) is 11.0 Å². The Bertz CT molecular complexity index is 1380. The van der Waals surface area contributed by atoms with Crippen LogP contribution in [0.15, 0.2) is 62.9 Å². The van der Waals surface area contributed by atoms with E-state index in [4.69, 9.17) is 21.0 Å². The van der Waals surface area contributed by atoms with Gasteiger partial charge < -0.3 is 14.1 Å². The molecule has 0 fully saturated rings. The van der Waals surface area contributed by atoms with E-state index in [9.17, 15) is 9.90 Å². The fraction of sp³-hybridized carbons (Fsp3) is 0.250. The molecule has 0 bridgehead atoms. The monoisotopic (exact) mass is 437 g/mol. The van der Waals surface area contributed by atoms with Gasteiger partial charge in [-0.25, -0.2) is 4.99 Å². The van der Waals surface area contributed by atoms with E-state index in [2.05, 4.69) is 6.92 Å². The molecule has 2 heterocycles. The average molecular weight is 438 g/mol. The zero-order valence-electron chi connectivity index (χ0n) is 17.7. The third-order valence-electron chi connectivity index (χ3n) is 5.42. The summed E-state index contributed by atoms with van der Waals surface area (Å²) in [5.41, 5.74) is 4.07. The molecule has 0 spiro atoms. The lowest BCUT2D eigenvalue weighted by atomic mass is 10.1. The first-order valence-electron chi connectivity index (χ1n) is 10.1. The smallest absolute Gasteiger partial charge is 0.260 e. The molecule has 0 amide bonds. The first-order valence-corrected chi connectivity index (χ1v) is 10.5. The Hall–Kier alpha value is -3.09. The van der Waals surface area contributed by atoms with Crippen molar-refractivity contribution in [1.29, 1.82) is 0 Å². The number of rotatable bonds is 5. The molecule has 0 atom stereocenters. The van der Waals surface area contributed by atoms with E-state index in [1.165, 1.54) is 0 Å². The molecule has 0 aliphatic carbocycles. The Morgan fingerprint density at radius 1 is 1.16 bits per heavy atom. The van der Waals surface area contributed by atoms with Crippen molar-refractivity contribution >= 4 is 28.3 Å². The van der Waals surface area contributed by atoms with Gasteiger partial charge in [-0.15, -0.1) is 0 Å². The lowest BCUT2D eigenvalue weighted by Crippen LogP contribution is -2.41. The number of halogens is 1. The zero-order valence-corrected chi connectivity index (χ0v) is 18.5. The number of aliphatic hydroxyl groups is 1. The highest BCUT2D eigenvalue weighted by molar-refractivity contribution is 6.30. The number of hydrogen-bond donors (Lipinski definition) is 1. The van der Waals surface area contributed by atoms with E-state index in [0.717, 1.165) is 40.0 Å². The largest absolute Gasteiger partial charge is 0.461 e. The second-order valence-electron chi connectivity index (χ2n) is 7.54. The van der Waals surface area contributed by atoms with Gasteiger partial charge in [-0.3, -0.25) is 9.36 Å². The highest BCUT2D eigenvalue weighted by atomic mass is 35.5. The van der Waals surface area contributed by atoms with Gasteiger partial charge in [0.2, 0.25) is 5.62 Å². The minimum atomic E-state index is -0.340. The average Bonchev–Trinajstić information content (AvgIpc) is 3.09. The molecule has 31 heavy (non-hydrogen) atoms.